The molecule has 1 aromatic rings. The standard InChI is InChI=1S/C19H30N4O3S/c1-21-13-15(25-2)11-19(17(21)24)3-5-22(6-4-19)14-16-12-20-18(27-16)23-7-9-26-10-8-23/h12,15H,3-11,13-14H2,1-2H3. The lowest BCUT2D eigenvalue weighted by Gasteiger charge is -2.47. The van der Waals surface area contributed by atoms with Crippen molar-refractivity contribution in [3.05, 3.63) is 11.1 Å². The van der Waals surface area contributed by atoms with Crippen LogP contribution in [0.4, 0.5) is 5.13 Å². The second kappa shape index (κ2) is 8.03. The smallest absolute Gasteiger partial charge is 0.228 e. The highest BCUT2D eigenvalue weighted by atomic mass is 32.1. The summed E-state index contributed by atoms with van der Waals surface area (Å²) >= 11 is 1.79. The van der Waals surface area contributed by atoms with Crippen molar-refractivity contribution in [3.63, 3.8) is 0 Å². The number of morpholine rings is 1. The molecule has 3 saturated heterocycles. The number of methoxy groups -OCH3 is 1. The van der Waals surface area contributed by atoms with Crippen LogP contribution in [0, 0.1) is 5.41 Å². The number of rotatable bonds is 4. The molecule has 3 aliphatic heterocycles. The number of carbonyl (C=O) groups excluding carboxylic acids is 1. The first-order valence-electron chi connectivity index (χ1n) is 9.88. The number of ether oxygens (including phenoxy) is 2. The maximum Gasteiger partial charge on any atom is 0.228 e. The molecule has 1 spiro atoms. The molecule has 7 nitrogen and oxygen atoms in total. The summed E-state index contributed by atoms with van der Waals surface area (Å²) in [6, 6.07) is 0. The van der Waals surface area contributed by atoms with Crippen LogP contribution in [-0.4, -0.2) is 86.9 Å². The van der Waals surface area contributed by atoms with Crippen LogP contribution >= 0.6 is 11.3 Å². The molecule has 0 aliphatic carbocycles. The molecule has 8 heteroatoms. The predicted molar refractivity (Wildman–Crippen MR) is 105 cm³/mol. The normalized spacial score (nSPS) is 26.7. The fraction of sp³-hybridized carbons (Fsp3) is 0.789. The molecule has 1 aromatic heterocycles. The number of amides is 1. The van der Waals surface area contributed by atoms with E-state index in [0.29, 0.717) is 12.5 Å². The Morgan fingerprint density at radius 3 is 2.74 bits per heavy atom. The van der Waals surface area contributed by atoms with E-state index in [9.17, 15) is 4.79 Å². The molecule has 0 radical (unpaired) electrons. The van der Waals surface area contributed by atoms with Gasteiger partial charge in [0.25, 0.3) is 0 Å². The Labute approximate surface area is 165 Å². The van der Waals surface area contributed by atoms with Gasteiger partial charge in [0, 0.05) is 51.4 Å². The van der Waals surface area contributed by atoms with Crippen LogP contribution in [0.3, 0.4) is 0 Å². The number of piperidine rings is 2. The van der Waals surface area contributed by atoms with Crippen molar-refractivity contribution >= 4 is 22.4 Å². The van der Waals surface area contributed by atoms with Gasteiger partial charge in [-0.1, -0.05) is 0 Å². The average molecular weight is 395 g/mol. The summed E-state index contributed by atoms with van der Waals surface area (Å²) in [5.74, 6) is 0.308. The highest BCUT2D eigenvalue weighted by molar-refractivity contribution is 7.15. The van der Waals surface area contributed by atoms with E-state index >= 15 is 0 Å². The minimum atomic E-state index is -0.225. The van der Waals surface area contributed by atoms with Crippen LogP contribution in [0.15, 0.2) is 6.20 Å². The van der Waals surface area contributed by atoms with Crippen LogP contribution < -0.4 is 4.90 Å². The fourth-order valence-corrected chi connectivity index (χ4v) is 5.59. The van der Waals surface area contributed by atoms with Crippen molar-refractivity contribution in [2.24, 2.45) is 5.41 Å². The third kappa shape index (κ3) is 3.99. The third-order valence-corrected chi connectivity index (χ3v) is 7.29. The highest BCUT2D eigenvalue weighted by Gasteiger charge is 2.47. The molecule has 0 N–H and O–H groups in total. The fourth-order valence-electron chi connectivity index (χ4n) is 4.59. The topological polar surface area (TPSA) is 58.1 Å². The van der Waals surface area contributed by atoms with Gasteiger partial charge < -0.3 is 19.3 Å². The summed E-state index contributed by atoms with van der Waals surface area (Å²) in [6.07, 6.45) is 4.88. The quantitative estimate of drug-likeness (QED) is 0.770. The maximum absolute atomic E-state index is 12.8. The number of likely N-dealkylation sites (tertiary alicyclic amines) is 2. The Hall–Kier alpha value is -1.22. The van der Waals surface area contributed by atoms with Crippen LogP contribution in [-0.2, 0) is 20.8 Å². The summed E-state index contributed by atoms with van der Waals surface area (Å²) in [6.45, 7) is 6.98. The van der Waals surface area contributed by atoms with Crippen molar-refractivity contribution in [2.45, 2.75) is 31.9 Å². The van der Waals surface area contributed by atoms with Crippen LogP contribution in [0.25, 0.3) is 0 Å². The second-order valence-electron chi connectivity index (χ2n) is 8.01. The van der Waals surface area contributed by atoms with Gasteiger partial charge in [-0.15, -0.1) is 11.3 Å². The van der Waals surface area contributed by atoms with Crippen LogP contribution in [0.1, 0.15) is 24.1 Å². The number of hydrogen-bond acceptors (Lipinski definition) is 7. The number of likely N-dealkylation sites (N-methyl/N-ethyl adjacent to an activating group) is 1. The van der Waals surface area contributed by atoms with Gasteiger partial charge in [-0.05, 0) is 32.4 Å². The van der Waals surface area contributed by atoms with Crippen molar-refractivity contribution in [1.29, 1.82) is 0 Å². The van der Waals surface area contributed by atoms with Crippen molar-refractivity contribution in [2.75, 3.05) is 65.0 Å². The lowest BCUT2D eigenvalue weighted by atomic mass is 9.71. The third-order valence-electron chi connectivity index (χ3n) is 6.25. The van der Waals surface area contributed by atoms with E-state index in [1.54, 1.807) is 18.4 Å². The van der Waals surface area contributed by atoms with Crippen molar-refractivity contribution in [3.8, 4) is 0 Å². The second-order valence-corrected chi connectivity index (χ2v) is 9.11. The molecular weight excluding hydrogens is 364 g/mol. The molecule has 150 valence electrons. The number of anilines is 1. The van der Waals surface area contributed by atoms with Gasteiger partial charge in [0.15, 0.2) is 5.13 Å². The molecule has 0 saturated carbocycles. The number of aromatic nitrogens is 1. The van der Waals surface area contributed by atoms with Gasteiger partial charge in [-0.3, -0.25) is 9.69 Å². The minimum Gasteiger partial charge on any atom is -0.380 e. The molecule has 0 bridgehead atoms. The van der Waals surface area contributed by atoms with Gasteiger partial charge in [0.1, 0.15) is 0 Å². The minimum absolute atomic E-state index is 0.164. The first-order chi connectivity index (χ1) is 13.1. The van der Waals surface area contributed by atoms with Gasteiger partial charge in [0.05, 0.1) is 24.7 Å². The van der Waals surface area contributed by atoms with Gasteiger partial charge in [0.2, 0.25) is 5.91 Å². The molecule has 4 rings (SSSR count). The van der Waals surface area contributed by atoms with Crippen LogP contribution in [0.2, 0.25) is 0 Å². The molecule has 1 atom stereocenters. The highest BCUT2D eigenvalue weighted by Crippen LogP contribution is 2.41. The maximum atomic E-state index is 12.8. The largest absolute Gasteiger partial charge is 0.380 e. The number of hydrogen-bond donors (Lipinski definition) is 0. The van der Waals surface area contributed by atoms with Gasteiger partial charge >= 0.3 is 0 Å². The van der Waals surface area contributed by atoms with E-state index < -0.39 is 0 Å². The molecular formula is C19H30N4O3S. The summed E-state index contributed by atoms with van der Waals surface area (Å²) in [4.78, 5) is 25.4. The Morgan fingerprint density at radius 1 is 1.30 bits per heavy atom. The molecule has 3 fully saturated rings. The lowest BCUT2D eigenvalue weighted by Crippen LogP contribution is -2.56. The SMILES string of the molecule is COC1CN(C)C(=O)C2(CCN(Cc3cnc(N4CCOCC4)s3)CC2)C1. The van der Waals surface area contributed by atoms with E-state index in [-0.39, 0.29) is 11.5 Å². The zero-order valence-electron chi connectivity index (χ0n) is 16.4. The summed E-state index contributed by atoms with van der Waals surface area (Å²) in [7, 11) is 3.67. The van der Waals surface area contributed by atoms with Crippen molar-refractivity contribution < 1.29 is 14.3 Å². The first-order valence-corrected chi connectivity index (χ1v) is 10.7. The molecule has 4 heterocycles. The Bertz CT molecular complexity index is 653. The van der Waals surface area contributed by atoms with E-state index in [1.807, 2.05) is 18.1 Å². The zero-order valence-corrected chi connectivity index (χ0v) is 17.2. The summed E-state index contributed by atoms with van der Waals surface area (Å²) in [5, 5.41) is 1.11. The van der Waals surface area contributed by atoms with E-state index in [0.717, 1.165) is 70.3 Å². The molecule has 27 heavy (non-hydrogen) atoms. The van der Waals surface area contributed by atoms with E-state index in [2.05, 4.69) is 14.8 Å². The first kappa shape index (κ1) is 19.1. The number of carbonyl (C=O) groups is 1. The van der Waals surface area contributed by atoms with E-state index in [4.69, 9.17) is 9.47 Å². The van der Waals surface area contributed by atoms with Crippen molar-refractivity contribution in [1.82, 2.24) is 14.8 Å². The Balaban J connectivity index is 1.34. The van der Waals surface area contributed by atoms with Gasteiger partial charge in [-0.25, -0.2) is 4.98 Å². The average Bonchev–Trinajstić information content (AvgIpc) is 3.17. The molecule has 1 amide bonds. The molecule has 1 unspecified atom stereocenters. The lowest BCUT2D eigenvalue weighted by molar-refractivity contribution is -0.156. The van der Waals surface area contributed by atoms with Gasteiger partial charge in [-0.2, -0.15) is 0 Å². The molecule has 3 aliphatic rings. The van der Waals surface area contributed by atoms with Crippen LogP contribution in [0.5, 0.6) is 0 Å². The predicted octanol–water partition coefficient (Wildman–Crippen LogP) is 1.44. The van der Waals surface area contributed by atoms with E-state index in [1.165, 1.54) is 4.88 Å². The monoisotopic (exact) mass is 394 g/mol. The Morgan fingerprint density at radius 2 is 2.04 bits per heavy atom. The molecule has 0 aromatic carbocycles. The number of nitrogens with zero attached hydrogens (tertiary/aromatic N) is 4. The Kier molecular flexibility index (Phi) is 5.68. The number of thiazole rings is 1. The summed E-state index contributed by atoms with van der Waals surface area (Å²) < 4.78 is 11.0. The summed E-state index contributed by atoms with van der Waals surface area (Å²) in [5.41, 5.74) is -0.225. The zero-order chi connectivity index (χ0) is 18.9.